The van der Waals surface area contributed by atoms with Crippen LogP contribution in [-0.2, 0) is 17.9 Å². The van der Waals surface area contributed by atoms with E-state index in [0.29, 0.717) is 42.3 Å². The highest BCUT2D eigenvalue weighted by Gasteiger charge is 2.24. The molecule has 0 unspecified atom stereocenters. The number of ether oxygens (including phenoxy) is 2. The SMILES string of the molecule is CCCN(CC(=O)N(Cc1ccc2c(c1)OCO2)Cc1ccco1)C(=O)c1ccc(F)cc1. The average molecular weight is 452 g/mol. The van der Waals surface area contributed by atoms with Gasteiger partial charge in [-0.25, -0.2) is 4.39 Å². The van der Waals surface area contributed by atoms with Gasteiger partial charge in [0, 0.05) is 18.7 Å². The highest BCUT2D eigenvalue weighted by molar-refractivity contribution is 5.96. The molecule has 0 atom stereocenters. The molecule has 1 aliphatic rings. The van der Waals surface area contributed by atoms with Gasteiger partial charge in [0.15, 0.2) is 11.5 Å². The van der Waals surface area contributed by atoms with Crippen LogP contribution < -0.4 is 9.47 Å². The number of halogens is 1. The zero-order valence-corrected chi connectivity index (χ0v) is 18.3. The van der Waals surface area contributed by atoms with Crippen molar-refractivity contribution in [3.63, 3.8) is 0 Å². The Morgan fingerprint density at radius 1 is 0.970 bits per heavy atom. The van der Waals surface area contributed by atoms with Gasteiger partial charge in [0.1, 0.15) is 18.1 Å². The lowest BCUT2D eigenvalue weighted by molar-refractivity contribution is -0.133. The Morgan fingerprint density at radius 3 is 2.48 bits per heavy atom. The van der Waals surface area contributed by atoms with Crippen LogP contribution in [-0.4, -0.2) is 41.5 Å². The fourth-order valence-corrected chi connectivity index (χ4v) is 3.64. The number of hydrogen-bond acceptors (Lipinski definition) is 5. The summed E-state index contributed by atoms with van der Waals surface area (Å²) in [5, 5.41) is 0. The number of carbonyl (C=O) groups is 2. The lowest BCUT2D eigenvalue weighted by atomic mass is 10.1. The van der Waals surface area contributed by atoms with Crippen LogP contribution in [0.25, 0.3) is 0 Å². The van der Waals surface area contributed by atoms with Crippen molar-refractivity contribution in [2.45, 2.75) is 26.4 Å². The van der Waals surface area contributed by atoms with Crippen LogP contribution in [0.4, 0.5) is 4.39 Å². The zero-order chi connectivity index (χ0) is 23.2. The van der Waals surface area contributed by atoms with Crippen molar-refractivity contribution in [3.05, 3.63) is 83.6 Å². The van der Waals surface area contributed by atoms with Crippen molar-refractivity contribution < 1.29 is 27.9 Å². The molecule has 7 nitrogen and oxygen atoms in total. The monoisotopic (exact) mass is 452 g/mol. The highest BCUT2D eigenvalue weighted by Crippen LogP contribution is 2.33. The van der Waals surface area contributed by atoms with E-state index in [0.717, 1.165) is 5.56 Å². The fraction of sp³-hybridized carbons (Fsp3) is 0.280. The van der Waals surface area contributed by atoms with E-state index >= 15 is 0 Å². The number of amides is 2. The van der Waals surface area contributed by atoms with E-state index in [1.807, 2.05) is 25.1 Å². The minimum atomic E-state index is -0.419. The van der Waals surface area contributed by atoms with Crippen LogP contribution in [0.3, 0.4) is 0 Å². The summed E-state index contributed by atoms with van der Waals surface area (Å²) in [7, 11) is 0. The van der Waals surface area contributed by atoms with E-state index in [2.05, 4.69) is 0 Å². The second-order valence-electron chi connectivity index (χ2n) is 7.75. The van der Waals surface area contributed by atoms with E-state index in [1.165, 1.54) is 29.2 Å². The molecule has 0 saturated carbocycles. The minimum absolute atomic E-state index is 0.102. The normalized spacial score (nSPS) is 11.9. The third-order valence-electron chi connectivity index (χ3n) is 5.29. The fourth-order valence-electron chi connectivity index (χ4n) is 3.64. The van der Waals surface area contributed by atoms with Gasteiger partial charge < -0.3 is 23.7 Å². The average Bonchev–Trinajstić information content (AvgIpc) is 3.50. The second-order valence-corrected chi connectivity index (χ2v) is 7.75. The van der Waals surface area contributed by atoms with E-state index < -0.39 is 5.82 Å². The number of carbonyl (C=O) groups excluding carboxylic acids is 2. The standard InChI is InChI=1S/C25H25FN2O5/c1-2-11-27(25(30)19-6-8-20(26)9-7-19)16-24(29)28(15-21-4-3-12-31-21)14-18-5-10-22-23(13-18)33-17-32-22/h3-10,12-13H,2,11,14-17H2,1H3. The molecule has 0 saturated heterocycles. The van der Waals surface area contributed by atoms with Gasteiger partial charge in [-0.15, -0.1) is 0 Å². The minimum Gasteiger partial charge on any atom is -0.467 e. The summed E-state index contributed by atoms with van der Waals surface area (Å²) in [4.78, 5) is 29.5. The molecular weight excluding hydrogens is 427 g/mol. The quantitative estimate of drug-likeness (QED) is 0.486. The van der Waals surface area contributed by atoms with Crippen molar-refractivity contribution in [1.29, 1.82) is 0 Å². The molecule has 2 heterocycles. The third kappa shape index (κ3) is 5.52. The van der Waals surface area contributed by atoms with E-state index in [4.69, 9.17) is 13.9 Å². The van der Waals surface area contributed by atoms with Gasteiger partial charge in [-0.2, -0.15) is 0 Å². The maximum atomic E-state index is 13.4. The Labute approximate surface area is 191 Å². The van der Waals surface area contributed by atoms with Crippen LogP contribution in [0, 0.1) is 5.82 Å². The topological polar surface area (TPSA) is 72.2 Å². The van der Waals surface area contributed by atoms with E-state index in [9.17, 15) is 14.0 Å². The van der Waals surface area contributed by atoms with E-state index in [-0.39, 0.29) is 31.7 Å². The van der Waals surface area contributed by atoms with Gasteiger partial charge >= 0.3 is 0 Å². The van der Waals surface area contributed by atoms with Crippen molar-refractivity contribution >= 4 is 11.8 Å². The lowest BCUT2D eigenvalue weighted by Crippen LogP contribution is -2.42. The van der Waals surface area contributed by atoms with Crippen LogP contribution in [0.1, 0.15) is 35.0 Å². The molecule has 1 aromatic heterocycles. The molecule has 2 aromatic carbocycles. The first kappa shape index (κ1) is 22.4. The Kier molecular flexibility index (Phi) is 6.92. The lowest BCUT2D eigenvalue weighted by Gasteiger charge is -2.27. The molecule has 3 aromatic rings. The summed E-state index contributed by atoms with van der Waals surface area (Å²) in [5.74, 6) is 0.979. The Balaban J connectivity index is 1.52. The molecule has 0 spiro atoms. The Morgan fingerprint density at radius 2 is 1.76 bits per heavy atom. The van der Waals surface area contributed by atoms with Gasteiger partial charge in [-0.05, 0) is 60.5 Å². The largest absolute Gasteiger partial charge is 0.467 e. The Bertz CT molecular complexity index is 1100. The van der Waals surface area contributed by atoms with Gasteiger partial charge in [0.25, 0.3) is 5.91 Å². The molecule has 0 bridgehead atoms. The number of nitrogens with zero attached hydrogens (tertiary/aromatic N) is 2. The highest BCUT2D eigenvalue weighted by atomic mass is 19.1. The molecule has 33 heavy (non-hydrogen) atoms. The molecule has 1 aliphatic heterocycles. The van der Waals surface area contributed by atoms with Crippen molar-refractivity contribution in [1.82, 2.24) is 9.80 Å². The van der Waals surface area contributed by atoms with Crippen molar-refractivity contribution in [2.75, 3.05) is 19.9 Å². The van der Waals surface area contributed by atoms with Crippen molar-refractivity contribution in [2.24, 2.45) is 0 Å². The first-order chi connectivity index (χ1) is 16.0. The molecule has 0 N–H and O–H groups in total. The molecule has 172 valence electrons. The third-order valence-corrected chi connectivity index (χ3v) is 5.29. The number of furan rings is 1. The summed E-state index contributed by atoms with van der Waals surface area (Å²) in [6.07, 6.45) is 2.24. The van der Waals surface area contributed by atoms with Gasteiger partial charge in [0.2, 0.25) is 12.7 Å². The summed E-state index contributed by atoms with van der Waals surface area (Å²) in [6, 6.07) is 14.4. The molecule has 2 amide bonds. The molecule has 0 fully saturated rings. The number of benzene rings is 2. The van der Waals surface area contributed by atoms with Crippen molar-refractivity contribution in [3.8, 4) is 11.5 Å². The summed E-state index contributed by atoms with van der Waals surface area (Å²) in [5.41, 5.74) is 1.21. The van der Waals surface area contributed by atoms with Gasteiger partial charge in [0.05, 0.1) is 12.8 Å². The Hall–Kier alpha value is -3.81. The van der Waals surface area contributed by atoms with Crippen LogP contribution in [0.15, 0.2) is 65.3 Å². The summed E-state index contributed by atoms with van der Waals surface area (Å²) in [6.45, 7) is 2.97. The number of rotatable bonds is 9. The molecule has 4 rings (SSSR count). The van der Waals surface area contributed by atoms with Crippen LogP contribution in [0.2, 0.25) is 0 Å². The predicted molar refractivity (Wildman–Crippen MR) is 118 cm³/mol. The first-order valence-corrected chi connectivity index (χ1v) is 10.8. The van der Waals surface area contributed by atoms with Crippen LogP contribution >= 0.6 is 0 Å². The van der Waals surface area contributed by atoms with E-state index in [1.54, 1.807) is 23.3 Å². The van der Waals surface area contributed by atoms with Gasteiger partial charge in [-0.1, -0.05) is 13.0 Å². The molecule has 0 aliphatic carbocycles. The molecule has 8 heteroatoms. The maximum Gasteiger partial charge on any atom is 0.254 e. The summed E-state index contributed by atoms with van der Waals surface area (Å²) >= 11 is 0. The second kappa shape index (κ2) is 10.2. The predicted octanol–water partition coefficient (Wildman–Crippen LogP) is 4.23. The smallest absolute Gasteiger partial charge is 0.254 e. The molecule has 0 radical (unpaired) electrons. The maximum absolute atomic E-state index is 13.4. The van der Waals surface area contributed by atoms with Crippen LogP contribution in [0.5, 0.6) is 11.5 Å². The molecular formula is C25H25FN2O5. The first-order valence-electron chi connectivity index (χ1n) is 10.8. The number of hydrogen-bond donors (Lipinski definition) is 0. The zero-order valence-electron chi connectivity index (χ0n) is 18.3. The number of fused-ring (bicyclic) bond motifs is 1. The van der Waals surface area contributed by atoms with Gasteiger partial charge in [-0.3, -0.25) is 9.59 Å². The summed E-state index contributed by atoms with van der Waals surface area (Å²) < 4.78 is 29.5.